The van der Waals surface area contributed by atoms with Crippen molar-refractivity contribution in [3.05, 3.63) is 16.6 Å². The number of halogens is 1. The molecule has 1 unspecified atom stereocenters. The summed E-state index contributed by atoms with van der Waals surface area (Å²) in [6, 6.07) is 0. The minimum absolute atomic E-state index is 0.670. The topological polar surface area (TPSA) is 21.1 Å². The third-order valence-corrected chi connectivity index (χ3v) is 3.92. The molecule has 0 aromatic carbocycles. The van der Waals surface area contributed by atoms with Crippen LogP contribution in [0.3, 0.4) is 0 Å². The number of likely N-dealkylation sites (tertiary alicyclic amines) is 1. The zero-order valence-corrected chi connectivity index (χ0v) is 11.0. The third kappa shape index (κ3) is 2.11. The van der Waals surface area contributed by atoms with Gasteiger partial charge in [-0.05, 0) is 42.4 Å². The van der Waals surface area contributed by atoms with E-state index in [9.17, 15) is 0 Å². The van der Waals surface area contributed by atoms with Gasteiger partial charge in [-0.3, -0.25) is 0 Å². The van der Waals surface area contributed by atoms with Gasteiger partial charge in [0.25, 0.3) is 0 Å². The van der Waals surface area contributed by atoms with Gasteiger partial charge in [0.15, 0.2) is 4.73 Å². The molecule has 15 heavy (non-hydrogen) atoms. The van der Waals surface area contributed by atoms with Crippen LogP contribution in [0.15, 0.2) is 10.9 Å². The summed E-state index contributed by atoms with van der Waals surface area (Å²) in [6.07, 6.45) is 3.30. The van der Waals surface area contributed by atoms with E-state index in [0.29, 0.717) is 5.92 Å². The van der Waals surface area contributed by atoms with Crippen molar-refractivity contribution in [2.45, 2.75) is 32.7 Å². The predicted octanol–water partition coefficient (Wildman–Crippen LogP) is 2.47. The lowest BCUT2D eigenvalue weighted by molar-refractivity contribution is 0.352. The summed E-state index contributed by atoms with van der Waals surface area (Å²) in [5.41, 5.74) is 1.39. The standard InChI is InChI=1S/C11H18BrN3/c1-3-14-6-5-9(8-14)10-7-13-11(12)15(10)4-2/h7,9H,3-6,8H2,1-2H3. The number of rotatable bonds is 3. The lowest BCUT2D eigenvalue weighted by Gasteiger charge is -2.14. The molecule has 1 fully saturated rings. The fourth-order valence-corrected chi connectivity index (χ4v) is 2.92. The molecule has 0 bridgehead atoms. The van der Waals surface area contributed by atoms with E-state index in [4.69, 9.17) is 0 Å². The molecule has 4 heteroatoms. The number of hydrogen-bond donors (Lipinski definition) is 0. The van der Waals surface area contributed by atoms with E-state index >= 15 is 0 Å². The van der Waals surface area contributed by atoms with Crippen LogP contribution < -0.4 is 0 Å². The number of nitrogens with zero attached hydrogens (tertiary/aromatic N) is 3. The summed E-state index contributed by atoms with van der Waals surface area (Å²) in [5.74, 6) is 0.670. The Hall–Kier alpha value is -0.350. The molecule has 1 aliphatic heterocycles. The van der Waals surface area contributed by atoms with Crippen LogP contribution in [-0.4, -0.2) is 34.1 Å². The van der Waals surface area contributed by atoms with E-state index in [1.54, 1.807) is 0 Å². The van der Waals surface area contributed by atoms with Crippen molar-refractivity contribution < 1.29 is 0 Å². The lowest BCUT2D eigenvalue weighted by Crippen LogP contribution is -2.20. The zero-order valence-electron chi connectivity index (χ0n) is 9.41. The molecule has 2 heterocycles. The lowest BCUT2D eigenvalue weighted by atomic mass is 10.1. The molecule has 3 nitrogen and oxygen atoms in total. The molecule has 0 N–H and O–H groups in total. The maximum atomic E-state index is 4.34. The van der Waals surface area contributed by atoms with Crippen molar-refractivity contribution in [2.24, 2.45) is 0 Å². The summed E-state index contributed by atoms with van der Waals surface area (Å²) >= 11 is 3.49. The Bertz CT molecular complexity index is 335. The van der Waals surface area contributed by atoms with Gasteiger partial charge in [-0.1, -0.05) is 6.92 Å². The first kappa shape index (κ1) is 11.1. The zero-order chi connectivity index (χ0) is 10.8. The summed E-state index contributed by atoms with van der Waals surface area (Å²) in [4.78, 5) is 6.85. The van der Waals surface area contributed by atoms with Crippen LogP contribution in [0.2, 0.25) is 0 Å². The molecular formula is C11H18BrN3. The molecule has 2 rings (SSSR count). The predicted molar refractivity (Wildman–Crippen MR) is 65.1 cm³/mol. The Morgan fingerprint density at radius 1 is 1.47 bits per heavy atom. The number of aromatic nitrogens is 2. The highest BCUT2D eigenvalue weighted by Gasteiger charge is 2.25. The van der Waals surface area contributed by atoms with Crippen molar-refractivity contribution >= 4 is 15.9 Å². The van der Waals surface area contributed by atoms with Gasteiger partial charge >= 0.3 is 0 Å². The molecule has 84 valence electrons. The van der Waals surface area contributed by atoms with Crippen molar-refractivity contribution in [3.63, 3.8) is 0 Å². The van der Waals surface area contributed by atoms with Crippen LogP contribution in [0.25, 0.3) is 0 Å². The SMILES string of the molecule is CCN1CCC(c2cnc(Br)n2CC)C1. The molecule has 0 amide bonds. The molecule has 1 aliphatic rings. The van der Waals surface area contributed by atoms with Gasteiger partial charge in [0.1, 0.15) is 0 Å². The Balaban J connectivity index is 2.16. The first-order valence-corrected chi connectivity index (χ1v) is 6.48. The molecule has 0 spiro atoms. The molecule has 1 aromatic heterocycles. The van der Waals surface area contributed by atoms with Crippen molar-refractivity contribution in [1.29, 1.82) is 0 Å². The minimum Gasteiger partial charge on any atom is -0.323 e. The second kappa shape index (κ2) is 4.66. The van der Waals surface area contributed by atoms with E-state index in [1.165, 1.54) is 25.2 Å². The van der Waals surface area contributed by atoms with Gasteiger partial charge in [0, 0.05) is 30.9 Å². The normalized spacial score (nSPS) is 22.5. The summed E-state index contributed by atoms with van der Waals surface area (Å²) in [5, 5.41) is 0. The fraction of sp³-hybridized carbons (Fsp3) is 0.727. The van der Waals surface area contributed by atoms with E-state index in [2.05, 4.69) is 44.2 Å². The second-order valence-corrected chi connectivity index (χ2v) is 4.78. The quantitative estimate of drug-likeness (QED) is 0.842. The van der Waals surface area contributed by atoms with Gasteiger partial charge in [-0.25, -0.2) is 4.98 Å². The summed E-state index contributed by atoms with van der Waals surface area (Å²) in [6.45, 7) is 8.98. The average Bonchev–Trinajstić information content (AvgIpc) is 2.83. The van der Waals surface area contributed by atoms with Crippen molar-refractivity contribution in [1.82, 2.24) is 14.5 Å². The fourth-order valence-electron chi connectivity index (χ4n) is 2.37. The van der Waals surface area contributed by atoms with Crippen LogP contribution >= 0.6 is 15.9 Å². The van der Waals surface area contributed by atoms with Gasteiger partial charge < -0.3 is 9.47 Å². The minimum atomic E-state index is 0.670. The molecule has 1 saturated heterocycles. The van der Waals surface area contributed by atoms with E-state index < -0.39 is 0 Å². The summed E-state index contributed by atoms with van der Waals surface area (Å²) < 4.78 is 3.24. The largest absolute Gasteiger partial charge is 0.323 e. The van der Waals surface area contributed by atoms with Gasteiger partial charge in [-0.2, -0.15) is 0 Å². The van der Waals surface area contributed by atoms with Crippen molar-refractivity contribution in [3.8, 4) is 0 Å². The molecule has 0 radical (unpaired) electrons. The van der Waals surface area contributed by atoms with Crippen LogP contribution in [-0.2, 0) is 6.54 Å². The first-order valence-electron chi connectivity index (χ1n) is 5.69. The van der Waals surface area contributed by atoms with E-state index in [-0.39, 0.29) is 0 Å². The Morgan fingerprint density at radius 3 is 2.87 bits per heavy atom. The molecule has 1 atom stereocenters. The van der Waals surface area contributed by atoms with Crippen LogP contribution in [0.5, 0.6) is 0 Å². The maximum absolute atomic E-state index is 4.34. The molecular weight excluding hydrogens is 254 g/mol. The van der Waals surface area contributed by atoms with Gasteiger partial charge in [-0.15, -0.1) is 0 Å². The first-order chi connectivity index (χ1) is 7.26. The highest BCUT2D eigenvalue weighted by molar-refractivity contribution is 9.10. The Labute approximate surface area is 99.6 Å². The maximum Gasteiger partial charge on any atom is 0.177 e. The molecule has 0 saturated carbocycles. The number of imidazole rings is 1. The van der Waals surface area contributed by atoms with Gasteiger partial charge in [0.2, 0.25) is 0 Å². The molecule has 0 aliphatic carbocycles. The second-order valence-electron chi connectivity index (χ2n) is 4.08. The number of likely N-dealkylation sites (N-methyl/N-ethyl adjacent to an activating group) is 1. The van der Waals surface area contributed by atoms with Crippen molar-refractivity contribution in [2.75, 3.05) is 19.6 Å². The van der Waals surface area contributed by atoms with Gasteiger partial charge in [0.05, 0.1) is 0 Å². The smallest absolute Gasteiger partial charge is 0.177 e. The number of hydrogen-bond acceptors (Lipinski definition) is 2. The van der Waals surface area contributed by atoms with E-state index in [0.717, 1.165) is 17.8 Å². The Kier molecular flexibility index (Phi) is 3.46. The highest BCUT2D eigenvalue weighted by Crippen LogP contribution is 2.28. The molecule has 1 aromatic rings. The highest BCUT2D eigenvalue weighted by atomic mass is 79.9. The van der Waals surface area contributed by atoms with Crippen LogP contribution in [0.1, 0.15) is 31.9 Å². The Morgan fingerprint density at radius 2 is 2.27 bits per heavy atom. The monoisotopic (exact) mass is 271 g/mol. The van der Waals surface area contributed by atoms with Crippen LogP contribution in [0.4, 0.5) is 0 Å². The van der Waals surface area contributed by atoms with Crippen LogP contribution in [0, 0.1) is 0 Å². The average molecular weight is 272 g/mol. The third-order valence-electron chi connectivity index (χ3n) is 3.29. The summed E-state index contributed by atoms with van der Waals surface area (Å²) in [7, 11) is 0. The van der Waals surface area contributed by atoms with E-state index in [1.807, 2.05) is 6.20 Å².